The molecule has 0 bridgehead atoms. The highest BCUT2D eigenvalue weighted by Crippen LogP contribution is 2.35. The summed E-state index contributed by atoms with van der Waals surface area (Å²) in [7, 11) is 3.14. The Morgan fingerprint density at radius 2 is 1.84 bits per heavy atom. The molecule has 0 saturated carbocycles. The molecule has 1 N–H and O–H groups in total. The van der Waals surface area contributed by atoms with Gasteiger partial charge < -0.3 is 14.6 Å². The van der Waals surface area contributed by atoms with Gasteiger partial charge in [0, 0.05) is 11.6 Å². The van der Waals surface area contributed by atoms with Crippen molar-refractivity contribution in [1.82, 2.24) is 0 Å². The highest BCUT2D eigenvalue weighted by atomic mass is 16.5. The van der Waals surface area contributed by atoms with Crippen molar-refractivity contribution in [2.24, 2.45) is 0 Å². The summed E-state index contributed by atoms with van der Waals surface area (Å²) in [6.07, 6.45) is 0. The van der Waals surface area contributed by atoms with Gasteiger partial charge >= 0.3 is 0 Å². The zero-order valence-corrected chi connectivity index (χ0v) is 10.7. The van der Waals surface area contributed by atoms with Gasteiger partial charge in [-0.25, -0.2) is 0 Å². The van der Waals surface area contributed by atoms with Crippen LogP contribution in [-0.4, -0.2) is 19.3 Å². The number of phenols is 1. The Bertz CT molecular complexity index is 644. The van der Waals surface area contributed by atoms with Crippen LogP contribution in [0.4, 0.5) is 0 Å². The molecule has 0 aliphatic rings. The maximum atomic E-state index is 9.63. The van der Waals surface area contributed by atoms with Gasteiger partial charge in [0.25, 0.3) is 0 Å². The van der Waals surface area contributed by atoms with Gasteiger partial charge in [-0.1, -0.05) is 0 Å². The Morgan fingerprint density at radius 1 is 1.05 bits per heavy atom. The molecule has 0 radical (unpaired) electrons. The number of phenolic OH excluding ortho intramolecular Hbond substituents is 1. The summed E-state index contributed by atoms with van der Waals surface area (Å²) in [5.74, 6) is 1.35. The van der Waals surface area contributed by atoms with E-state index in [0.29, 0.717) is 17.1 Å². The lowest BCUT2D eigenvalue weighted by atomic mass is 10.0. The SMILES string of the molecule is COc1ccc(-c2cc(O)cc(C#N)c2)c(OC)c1. The molecule has 4 nitrogen and oxygen atoms in total. The summed E-state index contributed by atoms with van der Waals surface area (Å²) < 4.78 is 10.4. The molecule has 0 aliphatic heterocycles. The summed E-state index contributed by atoms with van der Waals surface area (Å²) in [5, 5.41) is 18.6. The molecule has 2 aromatic rings. The van der Waals surface area contributed by atoms with Gasteiger partial charge in [0.05, 0.1) is 25.9 Å². The van der Waals surface area contributed by atoms with E-state index < -0.39 is 0 Å². The Kier molecular flexibility index (Phi) is 3.58. The van der Waals surface area contributed by atoms with Crippen molar-refractivity contribution >= 4 is 0 Å². The molecule has 19 heavy (non-hydrogen) atoms. The van der Waals surface area contributed by atoms with Gasteiger partial charge in [-0.2, -0.15) is 5.26 Å². The minimum atomic E-state index is 0.0481. The van der Waals surface area contributed by atoms with Crippen molar-refractivity contribution < 1.29 is 14.6 Å². The largest absolute Gasteiger partial charge is 0.508 e. The molecule has 0 saturated heterocycles. The van der Waals surface area contributed by atoms with E-state index in [-0.39, 0.29) is 5.75 Å². The number of ether oxygens (including phenoxy) is 2. The molecule has 0 unspecified atom stereocenters. The van der Waals surface area contributed by atoms with Gasteiger partial charge in [0.2, 0.25) is 0 Å². The van der Waals surface area contributed by atoms with E-state index in [0.717, 1.165) is 11.1 Å². The zero-order valence-electron chi connectivity index (χ0n) is 10.7. The summed E-state index contributed by atoms with van der Waals surface area (Å²) in [5.41, 5.74) is 1.90. The first-order valence-corrected chi connectivity index (χ1v) is 5.64. The van der Waals surface area contributed by atoms with E-state index in [1.165, 1.54) is 6.07 Å². The third kappa shape index (κ3) is 2.61. The first-order chi connectivity index (χ1) is 9.17. The van der Waals surface area contributed by atoms with E-state index in [4.69, 9.17) is 14.7 Å². The monoisotopic (exact) mass is 255 g/mol. The lowest BCUT2D eigenvalue weighted by Crippen LogP contribution is -1.91. The predicted octanol–water partition coefficient (Wildman–Crippen LogP) is 2.95. The zero-order chi connectivity index (χ0) is 13.8. The molecule has 0 aliphatic carbocycles. The van der Waals surface area contributed by atoms with Gasteiger partial charge in [-0.3, -0.25) is 0 Å². The first kappa shape index (κ1) is 12.8. The topological polar surface area (TPSA) is 62.5 Å². The van der Waals surface area contributed by atoms with Crippen molar-refractivity contribution in [2.75, 3.05) is 14.2 Å². The highest BCUT2D eigenvalue weighted by Gasteiger charge is 2.09. The predicted molar refractivity (Wildman–Crippen MR) is 71.4 cm³/mol. The number of hydrogen-bond acceptors (Lipinski definition) is 4. The summed E-state index contributed by atoms with van der Waals surface area (Å²) >= 11 is 0. The van der Waals surface area contributed by atoms with Crippen LogP contribution < -0.4 is 9.47 Å². The number of nitrogens with zero attached hydrogens (tertiary/aromatic N) is 1. The number of aromatic hydroxyl groups is 1. The second-order valence-electron chi connectivity index (χ2n) is 3.95. The second kappa shape index (κ2) is 5.32. The molecule has 4 heteroatoms. The molecule has 0 heterocycles. The number of rotatable bonds is 3. The van der Waals surface area contributed by atoms with E-state index >= 15 is 0 Å². The van der Waals surface area contributed by atoms with Gasteiger partial charge in [0.15, 0.2) is 0 Å². The van der Waals surface area contributed by atoms with E-state index in [1.54, 1.807) is 38.5 Å². The van der Waals surface area contributed by atoms with Crippen molar-refractivity contribution in [3.63, 3.8) is 0 Å². The Labute approximate surface area is 111 Å². The van der Waals surface area contributed by atoms with Crippen LogP contribution in [-0.2, 0) is 0 Å². The van der Waals surface area contributed by atoms with Crippen LogP contribution in [0.5, 0.6) is 17.2 Å². The molecule has 0 atom stereocenters. The van der Waals surface area contributed by atoms with Crippen LogP contribution in [0.2, 0.25) is 0 Å². The molecule has 0 spiro atoms. The minimum absolute atomic E-state index is 0.0481. The summed E-state index contributed by atoms with van der Waals surface area (Å²) in [4.78, 5) is 0. The summed E-state index contributed by atoms with van der Waals surface area (Å²) in [6, 6.07) is 12.1. The Morgan fingerprint density at radius 3 is 2.47 bits per heavy atom. The van der Waals surface area contributed by atoms with E-state index in [1.807, 2.05) is 12.1 Å². The van der Waals surface area contributed by atoms with Crippen LogP contribution in [0.15, 0.2) is 36.4 Å². The van der Waals surface area contributed by atoms with Crippen LogP contribution in [0.3, 0.4) is 0 Å². The van der Waals surface area contributed by atoms with Crippen LogP contribution in [0, 0.1) is 11.3 Å². The molecule has 0 fully saturated rings. The van der Waals surface area contributed by atoms with E-state index in [9.17, 15) is 5.11 Å². The number of nitriles is 1. The molecule has 0 amide bonds. The smallest absolute Gasteiger partial charge is 0.130 e. The van der Waals surface area contributed by atoms with Crippen molar-refractivity contribution in [3.8, 4) is 34.4 Å². The third-order valence-electron chi connectivity index (χ3n) is 2.77. The first-order valence-electron chi connectivity index (χ1n) is 5.64. The lowest BCUT2D eigenvalue weighted by Gasteiger charge is -2.11. The molecule has 0 aromatic heterocycles. The van der Waals surface area contributed by atoms with Crippen LogP contribution in [0.1, 0.15) is 5.56 Å². The van der Waals surface area contributed by atoms with Crippen molar-refractivity contribution in [1.29, 1.82) is 5.26 Å². The van der Waals surface area contributed by atoms with Gasteiger partial charge in [0.1, 0.15) is 17.2 Å². The number of methoxy groups -OCH3 is 2. The van der Waals surface area contributed by atoms with Crippen LogP contribution >= 0.6 is 0 Å². The molecule has 96 valence electrons. The molecular formula is C15H13NO3. The fourth-order valence-corrected chi connectivity index (χ4v) is 1.87. The number of benzene rings is 2. The lowest BCUT2D eigenvalue weighted by molar-refractivity contribution is 0.395. The fraction of sp³-hybridized carbons (Fsp3) is 0.133. The molecular weight excluding hydrogens is 242 g/mol. The highest BCUT2D eigenvalue weighted by molar-refractivity contribution is 5.73. The normalized spacial score (nSPS) is 9.74. The second-order valence-corrected chi connectivity index (χ2v) is 3.95. The average Bonchev–Trinajstić information content (AvgIpc) is 2.45. The maximum absolute atomic E-state index is 9.63. The third-order valence-corrected chi connectivity index (χ3v) is 2.77. The maximum Gasteiger partial charge on any atom is 0.130 e. The Balaban J connectivity index is 2.58. The quantitative estimate of drug-likeness (QED) is 0.915. The Hall–Kier alpha value is -2.67. The van der Waals surface area contributed by atoms with Crippen molar-refractivity contribution in [3.05, 3.63) is 42.0 Å². The van der Waals surface area contributed by atoms with E-state index in [2.05, 4.69) is 0 Å². The van der Waals surface area contributed by atoms with Crippen molar-refractivity contribution in [2.45, 2.75) is 0 Å². The number of hydrogen-bond donors (Lipinski definition) is 1. The standard InChI is InChI=1S/C15H13NO3/c1-18-13-3-4-14(15(8-13)19-2)11-5-10(9-16)6-12(17)7-11/h3-8,17H,1-2H3. The van der Waals surface area contributed by atoms with Gasteiger partial charge in [-0.15, -0.1) is 0 Å². The summed E-state index contributed by atoms with van der Waals surface area (Å²) in [6.45, 7) is 0. The fourth-order valence-electron chi connectivity index (χ4n) is 1.87. The molecule has 2 aromatic carbocycles. The molecule has 2 rings (SSSR count). The average molecular weight is 255 g/mol. The minimum Gasteiger partial charge on any atom is -0.508 e. The van der Waals surface area contributed by atoms with Crippen LogP contribution in [0.25, 0.3) is 11.1 Å². The van der Waals surface area contributed by atoms with Gasteiger partial charge in [-0.05, 0) is 35.9 Å².